The lowest BCUT2D eigenvalue weighted by atomic mass is 9.89. The fourth-order valence-electron chi connectivity index (χ4n) is 4.32. The number of benzene rings is 1. The van der Waals surface area contributed by atoms with E-state index >= 15 is 0 Å². The van der Waals surface area contributed by atoms with Gasteiger partial charge < -0.3 is 30.2 Å². The standard InChI is InChI=1S/C16H25NO.C11H22N2O3.C4H11N.CH2O/c1-14(12-15-8-4-2-5-9-15)18-17-13-16-10-6-3-7-11-16;1-3-4-5-6-12(2)9-11(16)13(10-15)7-8-14;1-2-3-4-5;1-2/h2,4-5,8-9,14,16-17H,3,6-7,10-13H2,1H3;8,10-11,16H,3-7,9H2,1-2H3;2-5H2,1H3;1H2. The van der Waals surface area contributed by atoms with Crippen molar-refractivity contribution in [3.63, 3.8) is 0 Å². The molecule has 0 aromatic heterocycles. The van der Waals surface area contributed by atoms with Crippen molar-refractivity contribution in [1.82, 2.24) is 15.3 Å². The fraction of sp³-hybridized carbons (Fsp3) is 0.719. The molecule has 0 saturated heterocycles. The van der Waals surface area contributed by atoms with Crippen LogP contribution < -0.4 is 11.2 Å². The number of aldehydes is 1. The number of aliphatic hydroxyl groups is 1. The number of likely N-dealkylation sites (N-methyl/N-ethyl adjacent to an activating group) is 1. The van der Waals surface area contributed by atoms with Crippen molar-refractivity contribution >= 4 is 19.5 Å². The number of nitrogens with one attached hydrogen (secondary N) is 1. The quantitative estimate of drug-likeness (QED) is 0.101. The number of aliphatic hydroxyl groups excluding tert-OH is 1. The molecule has 9 nitrogen and oxygen atoms in total. The Kier molecular flexibility index (Phi) is 30.8. The van der Waals surface area contributed by atoms with Crippen molar-refractivity contribution in [3.8, 4) is 0 Å². The van der Waals surface area contributed by atoms with Gasteiger partial charge in [-0.15, -0.1) is 0 Å². The van der Waals surface area contributed by atoms with Crippen LogP contribution in [0.3, 0.4) is 0 Å². The average molecular weight is 581 g/mol. The number of nitrogens with zero attached hydrogens (tertiary/aromatic N) is 2. The van der Waals surface area contributed by atoms with Crippen LogP contribution >= 0.6 is 0 Å². The van der Waals surface area contributed by atoms with E-state index in [1.54, 1.807) is 0 Å². The Morgan fingerprint density at radius 1 is 1.07 bits per heavy atom. The van der Waals surface area contributed by atoms with E-state index in [1.165, 1.54) is 50.5 Å². The lowest BCUT2D eigenvalue weighted by Crippen LogP contribution is -2.43. The minimum absolute atomic E-state index is 0.0620. The van der Waals surface area contributed by atoms with Gasteiger partial charge >= 0.3 is 0 Å². The second kappa shape index (κ2) is 30.8. The molecule has 1 saturated carbocycles. The first-order valence-corrected chi connectivity index (χ1v) is 15.3. The zero-order chi connectivity index (χ0) is 31.1. The van der Waals surface area contributed by atoms with Crippen LogP contribution in [-0.4, -0.2) is 86.5 Å². The van der Waals surface area contributed by atoms with Gasteiger partial charge in [-0.1, -0.05) is 82.7 Å². The summed E-state index contributed by atoms with van der Waals surface area (Å²) in [6.07, 6.45) is 14.1. The molecular formula is C32H60N4O5. The summed E-state index contributed by atoms with van der Waals surface area (Å²) >= 11 is 0. The summed E-state index contributed by atoms with van der Waals surface area (Å²) in [5, 5.41) is 9.66. The van der Waals surface area contributed by atoms with Crippen LogP contribution in [0.25, 0.3) is 0 Å². The molecule has 2 rings (SSSR count). The summed E-state index contributed by atoms with van der Waals surface area (Å²) in [4.78, 5) is 37.6. The van der Waals surface area contributed by atoms with Gasteiger partial charge in [-0.05, 0) is 64.2 Å². The zero-order valence-corrected chi connectivity index (χ0v) is 26.3. The number of rotatable bonds is 18. The molecule has 0 radical (unpaired) electrons. The number of amides is 1. The number of hydroxylamine groups is 1. The monoisotopic (exact) mass is 580 g/mol. The maximum atomic E-state index is 10.6. The van der Waals surface area contributed by atoms with Crippen LogP contribution in [0.5, 0.6) is 0 Å². The van der Waals surface area contributed by atoms with E-state index in [0.29, 0.717) is 19.2 Å². The predicted molar refractivity (Wildman–Crippen MR) is 168 cm³/mol. The van der Waals surface area contributed by atoms with Gasteiger partial charge in [0.05, 0.1) is 12.6 Å². The van der Waals surface area contributed by atoms with Crippen molar-refractivity contribution in [2.24, 2.45) is 11.7 Å². The second-order valence-electron chi connectivity index (χ2n) is 10.5. The topological polar surface area (TPSA) is 125 Å². The maximum absolute atomic E-state index is 10.6. The Morgan fingerprint density at radius 2 is 1.71 bits per heavy atom. The highest BCUT2D eigenvalue weighted by Gasteiger charge is 2.15. The molecule has 238 valence electrons. The largest absolute Gasteiger partial charge is 0.372 e. The van der Waals surface area contributed by atoms with Gasteiger partial charge in [-0.25, -0.2) is 5.48 Å². The van der Waals surface area contributed by atoms with Gasteiger partial charge in [-0.3, -0.25) is 9.63 Å². The van der Waals surface area contributed by atoms with Crippen molar-refractivity contribution in [1.29, 1.82) is 0 Å². The Morgan fingerprint density at radius 3 is 2.22 bits per heavy atom. The lowest BCUT2D eigenvalue weighted by Gasteiger charge is -2.26. The molecular weight excluding hydrogens is 520 g/mol. The fourth-order valence-corrected chi connectivity index (χ4v) is 4.32. The molecule has 0 bridgehead atoms. The summed E-state index contributed by atoms with van der Waals surface area (Å²) in [5.41, 5.74) is 9.65. The molecule has 9 heteroatoms. The third-order valence-electron chi connectivity index (χ3n) is 6.73. The Hall–Kier alpha value is -2.17. The van der Waals surface area contributed by atoms with Crippen LogP contribution in [0, 0.1) is 5.92 Å². The number of nitrogens with two attached hydrogens (primary N) is 1. The minimum Gasteiger partial charge on any atom is -0.372 e. The molecule has 1 aromatic carbocycles. The Bertz CT molecular complexity index is 690. The molecule has 1 aliphatic rings. The maximum Gasteiger partial charge on any atom is 0.212 e. The van der Waals surface area contributed by atoms with E-state index in [0.717, 1.165) is 56.1 Å². The predicted octanol–water partition coefficient (Wildman–Crippen LogP) is 4.36. The van der Waals surface area contributed by atoms with Crippen LogP contribution in [0.15, 0.2) is 30.3 Å². The van der Waals surface area contributed by atoms with Crippen LogP contribution in [0.4, 0.5) is 0 Å². The molecule has 1 amide bonds. The summed E-state index contributed by atoms with van der Waals surface area (Å²) in [7, 11) is 1.89. The summed E-state index contributed by atoms with van der Waals surface area (Å²) in [6.45, 7) is 11.4. The molecule has 1 aromatic rings. The number of hydrogen-bond acceptors (Lipinski definition) is 8. The van der Waals surface area contributed by atoms with Crippen LogP contribution in [-0.2, 0) is 25.6 Å². The van der Waals surface area contributed by atoms with Crippen LogP contribution in [0.1, 0.15) is 90.5 Å². The third-order valence-corrected chi connectivity index (χ3v) is 6.73. The van der Waals surface area contributed by atoms with E-state index in [-0.39, 0.29) is 12.6 Å². The van der Waals surface area contributed by atoms with Gasteiger partial charge in [0.15, 0.2) is 0 Å². The SMILES string of the molecule is C=O.CC(Cc1ccccc1)ONCC1CCCCC1.CCCCCN(C)CC(O)N(C=O)CC=O.CCCCN. The van der Waals surface area contributed by atoms with Gasteiger partial charge in [0.25, 0.3) is 0 Å². The Balaban J connectivity index is 0. The first-order chi connectivity index (χ1) is 19.9. The zero-order valence-electron chi connectivity index (χ0n) is 26.3. The summed E-state index contributed by atoms with van der Waals surface area (Å²) in [6, 6.07) is 10.5. The van der Waals surface area contributed by atoms with Crippen molar-refractivity contribution in [2.45, 2.75) is 104 Å². The number of carbonyl (C=O) groups is 3. The molecule has 1 aliphatic carbocycles. The molecule has 2 atom stereocenters. The number of hydrogen-bond donors (Lipinski definition) is 3. The van der Waals surface area contributed by atoms with Gasteiger partial charge in [0.2, 0.25) is 6.41 Å². The first kappa shape index (κ1) is 41.0. The third kappa shape index (κ3) is 25.3. The van der Waals surface area contributed by atoms with Gasteiger partial charge in [0, 0.05) is 19.5 Å². The van der Waals surface area contributed by atoms with Crippen molar-refractivity contribution in [2.75, 3.05) is 39.8 Å². The van der Waals surface area contributed by atoms with Gasteiger partial charge in [-0.2, -0.15) is 0 Å². The van der Waals surface area contributed by atoms with E-state index < -0.39 is 6.23 Å². The van der Waals surface area contributed by atoms with Crippen molar-refractivity contribution in [3.05, 3.63) is 35.9 Å². The summed E-state index contributed by atoms with van der Waals surface area (Å²) < 4.78 is 0. The molecule has 0 spiro atoms. The van der Waals surface area contributed by atoms with Crippen molar-refractivity contribution < 1.29 is 24.3 Å². The van der Waals surface area contributed by atoms with Gasteiger partial charge in [0.1, 0.15) is 19.3 Å². The molecule has 4 N–H and O–H groups in total. The van der Waals surface area contributed by atoms with E-state index in [2.05, 4.69) is 56.6 Å². The number of unbranched alkanes of at least 4 members (excludes halogenated alkanes) is 3. The Labute approximate surface area is 250 Å². The molecule has 0 heterocycles. The highest BCUT2D eigenvalue weighted by atomic mass is 16.7. The van der Waals surface area contributed by atoms with Crippen LogP contribution in [0.2, 0.25) is 0 Å². The molecule has 2 unspecified atom stereocenters. The summed E-state index contributed by atoms with van der Waals surface area (Å²) in [5.74, 6) is 0.822. The number of carbonyl (C=O) groups excluding carboxylic acids is 3. The first-order valence-electron chi connectivity index (χ1n) is 15.3. The minimum atomic E-state index is -0.908. The lowest BCUT2D eigenvalue weighted by molar-refractivity contribution is -0.132. The molecule has 1 fully saturated rings. The second-order valence-corrected chi connectivity index (χ2v) is 10.5. The molecule has 0 aliphatic heterocycles. The average Bonchev–Trinajstić information content (AvgIpc) is 2.99. The smallest absolute Gasteiger partial charge is 0.212 e. The van der Waals surface area contributed by atoms with E-state index in [4.69, 9.17) is 15.4 Å². The van der Waals surface area contributed by atoms with E-state index in [1.807, 2.05) is 18.7 Å². The highest BCUT2D eigenvalue weighted by Crippen LogP contribution is 2.22. The normalized spacial score (nSPS) is 14.2. The molecule has 41 heavy (non-hydrogen) atoms. The highest BCUT2D eigenvalue weighted by molar-refractivity contribution is 5.59. The van der Waals surface area contributed by atoms with E-state index in [9.17, 15) is 14.7 Å².